The zero-order chi connectivity index (χ0) is 23.6. The number of rotatable bonds is 9. The number of carboxylic acid groups (broad SMARTS) is 1. The van der Waals surface area contributed by atoms with E-state index in [1.54, 1.807) is 38.1 Å². The molecule has 0 aliphatic rings. The topological polar surface area (TPSA) is 120 Å². The number of nitrogens with zero attached hydrogens (tertiary/aromatic N) is 2. The molecule has 0 spiro atoms. The molecular formula is C22H26N2O7S. The lowest BCUT2D eigenvalue weighted by molar-refractivity contribution is -0.300. The number of carboxylic acids is 1. The Kier molecular flexibility index (Phi) is 6.99. The maximum atomic E-state index is 13.4. The fourth-order valence-corrected chi connectivity index (χ4v) is 4.61. The van der Waals surface area contributed by atoms with Gasteiger partial charge in [0.05, 0.1) is 24.6 Å². The number of aliphatic hydroxyl groups excluding tert-OH is 1. The van der Waals surface area contributed by atoms with Gasteiger partial charge in [0.1, 0.15) is 17.0 Å². The highest BCUT2D eigenvalue weighted by Crippen LogP contribution is 2.30. The fraction of sp³-hybridized carbons (Fsp3) is 0.409. The summed E-state index contributed by atoms with van der Waals surface area (Å²) in [5.41, 5.74) is -2.12. The first-order chi connectivity index (χ1) is 15.1. The highest BCUT2D eigenvalue weighted by molar-refractivity contribution is 7.18. The molecule has 3 rings (SSSR count). The molecule has 172 valence electrons. The number of hydrogen-bond donors (Lipinski definition) is 2. The number of aryl methyl sites for hydroxylation is 1. The van der Waals surface area contributed by atoms with Crippen molar-refractivity contribution in [2.75, 3.05) is 6.61 Å². The van der Waals surface area contributed by atoms with Crippen LogP contribution >= 0.6 is 11.3 Å². The van der Waals surface area contributed by atoms with Gasteiger partial charge in [-0.25, -0.2) is 23.9 Å². The highest BCUT2D eigenvalue weighted by atomic mass is 32.1. The van der Waals surface area contributed by atoms with Crippen molar-refractivity contribution in [2.45, 2.75) is 52.5 Å². The van der Waals surface area contributed by atoms with E-state index in [2.05, 4.69) is 0 Å². The summed E-state index contributed by atoms with van der Waals surface area (Å²) >= 11 is 1.18. The van der Waals surface area contributed by atoms with E-state index in [4.69, 9.17) is 9.78 Å². The maximum Gasteiger partial charge on any atom is 0.333 e. The molecule has 0 aliphatic carbocycles. The van der Waals surface area contributed by atoms with Crippen LogP contribution in [0, 0.1) is 6.92 Å². The predicted octanol–water partition coefficient (Wildman–Crippen LogP) is 2.55. The van der Waals surface area contributed by atoms with Gasteiger partial charge in [-0.05, 0) is 38.8 Å². The van der Waals surface area contributed by atoms with E-state index in [9.17, 15) is 24.6 Å². The molecular weight excluding hydrogens is 436 g/mol. The Morgan fingerprint density at radius 2 is 1.84 bits per heavy atom. The Bertz CT molecular complexity index is 1240. The molecule has 0 amide bonds. The molecule has 0 saturated carbocycles. The van der Waals surface area contributed by atoms with Crippen molar-refractivity contribution in [3.8, 4) is 0 Å². The molecule has 1 aromatic carbocycles. The lowest BCUT2D eigenvalue weighted by atomic mass is 10.1. The van der Waals surface area contributed by atoms with Gasteiger partial charge in [0.25, 0.3) is 5.56 Å². The van der Waals surface area contributed by atoms with Gasteiger partial charge in [0, 0.05) is 4.88 Å². The quantitative estimate of drug-likeness (QED) is 0.285. The number of thiophene rings is 1. The second kappa shape index (κ2) is 9.37. The van der Waals surface area contributed by atoms with Crippen LogP contribution in [0.1, 0.15) is 42.9 Å². The molecule has 1 atom stereocenters. The maximum absolute atomic E-state index is 13.4. The van der Waals surface area contributed by atoms with E-state index in [1.165, 1.54) is 29.8 Å². The van der Waals surface area contributed by atoms with Crippen LogP contribution < -0.4 is 11.2 Å². The molecule has 2 aromatic heterocycles. The second-order valence-corrected chi connectivity index (χ2v) is 8.91. The van der Waals surface area contributed by atoms with Crippen LogP contribution in [0.25, 0.3) is 10.2 Å². The van der Waals surface area contributed by atoms with Crippen LogP contribution in [0.4, 0.5) is 0 Å². The van der Waals surface area contributed by atoms with E-state index in [-0.39, 0.29) is 18.5 Å². The Labute approximate surface area is 188 Å². The summed E-state index contributed by atoms with van der Waals surface area (Å²) in [5.74, 6) is -1.32. The zero-order valence-corrected chi connectivity index (χ0v) is 19.1. The average Bonchev–Trinajstić information content (AvgIpc) is 3.08. The minimum Gasteiger partial charge on any atom is -0.480 e. The van der Waals surface area contributed by atoms with E-state index >= 15 is 0 Å². The van der Waals surface area contributed by atoms with Crippen molar-refractivity contribution >= 4 is 27.5 Å². The van der Waals surface area contributed by atoms with Gasteiger partial charge < -0.3 is 10.2 Å². The number of aliphatic hydroxyl groups is 1. The fourth-order valence-electron chi connectivity index (χ4n) is 3.41. The van der Waals surface area contributed by atoms with Gasteiger partial charge in [-0.3, -0.25) is 9.36 Å². The molecule has 0 unspecified atom stereocenters. The Morgan fingerprint density at radius 3 is 2.44 bits per heavy atom. The number of carbonyl (C=O) groups is 1. The standard InChI is InChI=1S/C22H26N2O7S/c1-5-30-31-12-16-13(2)17-18(26)24(22(3,4)20(27)28)21(29)23(19(17)32-16)11-15(25)14-9-7-6-8-10-14/h6-10,15,25H,5,11-12H2,1-4H3,(H,27,28)/t15-/m0/s1. The van der Waals surface area contributed by atoms with Gasteiger partial charge in [0.2, 0.25) is 0 Å². The third-order valence-corrected chi connectivity index (χ3v) is 6.61. The van der Waals surface area contributed by atoms with Gasteiger partial charge >= 0.3 is 11.7 Å². The summed E-state index contributed by atoms with van der Waals surface area (Å²) in [5, 5.41) is 20.7. The Hall–Kier alpha value is -2.79. The molecule has 0 aliphatic heterocycles. The molecule has 0 saturated heterocycles. The first kappa shape index (κ1) is 23.9. The first-order valence-electron chi connectivity index (χ1n) is 10.1. The summed E-state index contributed by atoms with van der Waals surface area (Å²) in [7, 11) is 0. The van der Waals surface area contributed by atoms with Gasteiger partial charge in [-0.1, -0.05) is 30.3 Å². The molecule has 2 heterocycles. The smallest absolute Gasteiger partial charge is 0.333 e. The second-order valence-electron chi connectivity index (χ2n) is 7.82. The van der Waals surface area contributed by atoms with E-state index in [1.807, 2.05) is 6.07 Å². The number of benzene rings is 1. The SMILES string of the molecule is CCOOCc1sc2c(c1C)c(=O)n(C(C)(C)C(=O)O)c(=O)n2C[C@H](O)c1ccccc1. The van der Waals surface area contributed by atoms with Crippen LogP contribution in [0.5, 0.6) is 0 Å². The molecule has 3 aromatic rings. The van der Waals surface area contributed by atoms with Crippen molar-refractivity contribution in [3.63, 3.8) is 0 Å². The van der Waals surface area contributed by atoms with Crippen molar-refractivity contribution in [3.05, 3.63) is 67.2 Å². The van der Waals surface area contributed by atoms with E-state index < -0.39 is 28.9 Å². The van der Waals surface area contributed by atoms with Crippen LogP contribution in [0.3, 0.4) is 0 Å². The van der Waals surface area contributed by atoms with Crippen LogP contribution in [0.15, 0.2) is 39.9 Å². The van der Waals surface area contributed by atoms with Crippen LogP contribution in [-0.2, 0) is 33.3 Å². The molecule has 0 fully saturated rings. The summed E-state index contributed by atoms with van der Waals surface area (Å²) in [4.78, 5) is 49.7. The third-order valence-electron chi connectivity index (χ3n) is 5.32. The monoisotopic (exact) mass is 462 g/mol. The highest BCUT2D eigenvalue weighted by Gasteiger charge is 2.35. The number of aromatic nitrogens is 2. The van der Waals surface area contributed by atoms with Gasteiger partial charge in [0.15, 0.2) is 0 Å². The number of hydrogen-bond acceptors (Lipinski definition) is 7. The average molecular weight is 463 g/mol. The van der Waals surface area contributed by atoms with E-state index in [0.717, 1.165) is 4.57 Å². The Balaban J connectivity index is 2.27. The summed E-state index contributed by atoms with van der Waals surface area (Å²) in [6, 6.07) is 8.80. The summed E-state index contributed by atoms with van der Waals surface area (Å²) < 4.78 is 2.00. The van der Waals surface area contributed by atoms with Crippen LogP contribution in [0.2, 0.25) is 0 Å². The third kappa shape index (κ3) is 4.26. The van der Waals surface area contributed by atoms with Crippen LogP contribution in [-0.4, -0.2) is 31.9 Å². The van der Waals surface area contributed by atoms with Crippen molar-refractivity contribution in [1.82, 2.24) is 9.13 Å². The molecule has 0 radical (unpaired) electrons. The lowest BCUT2D eigenvalue weighted by Gasteiger charge is -2.24. The lowest BCUT2D eigenvalue weighted by Crippen LogP contribution is -2.52. The molecule has 32 heavy (non-hydrogen) atoms. The number of fused-ring (bicyclic) bond motifs is 1. The molecule has 9 nitrogen and oxygen atoms in total. The zero-order valence-electron chi connectivity index (χ0n) is 18.3. The molecule has 2 N–H and O–H groups in total. The van der Waals surface area contributed by atoms with Crippen molar-refractivity contribution in [1.29, 1.82) is 0 Å². The number of aliphatic carboxylic acids is 1. The first-order valence-corrected chi connectivity index (χ1v) is 10.9. The van der Waals surface area contributed by atoms with Gasteiger partial charge in [-0.15, -0.1) is 11.3 Å². The predicted molar refractivity (Wildman–Crippen MR) is 120 cm³/mol. The molecule has 0 bridgehead atoms. The van der Waals surface area contributed by atoms with E-state index in [0.29, 0.717) is 27.4 Å². The Morgan fingerprint density at radius 1 is 1.19 bits per heavy atom. The summed E-state index contributed by atoms with van der Waals surface area (Å²) in [6.07, 6.45) is -1.04. The minimum absolute atomic E-state index is 0.0657. The molecule has 10 heteroatoms. The van der Waals surface area contributed by atoms with Crippen molar-refractivity contribution in [2.24, 2.45) is 0 Å². The largest absolute Gasteiger partial charge is 0.480 e. The van der Waals surface area contributed by atoms with Gasteiger partial charge in [-0.2, -0.15) is 0 Å². The van der Waals surface area contributed by atoms with Crippen molar-refractivity contribution < 1.29 is 24.8 Å². The summed E-state index contributed by atoms with van der Waals surface area (Å²) in [6.45, 7) is 6.33. The minimum atomic E-state index is -1.79. The normalized spacial score (nSPS) is 12.9.